The van der Waals surface area contributed by atoms with Crippen LogP contribution in [0.3, 0.4) is 0 Å². The quantitative estimate of drug-likeness (QED) is 0.776. The molecule has 19 heavy (non-hydrogen) atoms. The second-order valence-corrected chi connectivity index (χ2v) is 5.68. The van der Waals surface area contributed by atoms with Crippen LogP contribution < -0.4 is 10.2 Å². The van der Waals surface area contributed by atoms with Gasteiger partial charge < -0.3 is 15.0 Å². The average molecular weight is 258 g/mol. The maximum atomic E-state index is 11.8. The van der Waals surface area contributed by atoms with Crippen molar-refractivity contribution in [3.63, 3.8) is 0 Å². The molecule has 2 atom stereocenters. The Morgan fingerprint density at radius 1 is 1.37 bits per heavy atom. The van der Waals surface area contributed by atoms with Crippen LogP contribution in [0.25, 0.3) is 0 Å². The molecule has 0 spiro atoms. The minimum absolute atomic E-state index is 0.117. The number of benzene rings is 1. The summed E-state index contributed by atoms with van der Waals surface area (Å²) < 4.78 is 6.01. The van der Waals surface area contributed by atoms with Crippen molar-refractivity contribution < 1.29 is 9.53 Å². The van der Waals surface area contributed by atoms with Gasteiger partial charge in [0.2, 0.25) is 5.91 Å². The monoisotopic (exact) mass is 258 g/mol. The van der Waals surface area contributed by atoms with Crippen LogP contribution in [0.4, 0.5) is 11.4 Å². The first-order valence-corrected chi connectivity index (χ1v) is 7.12. The fourth-order valence-electron chi connectivity index (χ4n) is 3.65. The summed E-state index contributed by atoms with van der Waals surface area (Å²) in [7, 11) is 0. The van der Waals surface area contributed by atoms with Gasteiger partial charge >= 0.3 is 0 Å². The third-order valence-electron chi connectivity index (χ3n) is 4.47. The number of fused-ring (bicyclic) bond motifs is 2. The van der Waals surface area contributed by atoms with E-state index in [1.165, 1.54) is 17.7 Å². The molecule has 1 saturated heterocycles. The first-order chi connectivity index (χ1) is 9.33. The fourth-order valence-corrected chi connectivity index (χ4v) is 3.65. The van der Waals surface area contributed by atoms with E-state index in [4.69, 9.17) is 4.74 Å². The predicted molar refractivity (Wildman–Crippen MR) is 73.3 cm³/mol. The lowest BCUT2D eigenvalue weighted by atomic mass is 9.84. The van der Waals surface area contributed by atoms with Crippen molar-refractivity contribution >= 4 is 17.3 Å². The highest BCUT2D eigenvalue weighted by atomic mass is 16.5. The lowest BCUT2D eigenvalue weighted by Gasteiger charge is -2.43. The number of ether oxygens (including phenoxy) is 1. The van der Waals surface area contributed by atoms with Crippen LogP contribution in [0.2, 0.25) is 0 Å². The lowest BCUT2D eigenvalue weighted by Crippen LogP contribution is -2.40. The van der Waals surface area contributed by atoms with E-state index in [0.717, 1.165) is 31.8 Å². The molecule has 1 N–H and O–H groups in total. The molecule has 1 aromatic rings. The van der Waals surface area contributed by atoms with Gasteiger partial charge in [0.1, 0.15) is 0 Å². The lowest BCUT2D eigenvalue weighted by molar-refractivity contribution is -0.115. The molecule has 0 aromatic heterocycles. The normalized spacial score (nSPS) is 29.1. The van der Waals surface area contributed by atoms with Crippen molar-refractivity contribution in [3.05, 3.63) is 23.8 Å². The van der Waals surface area contributed by atoms with Crippen LogP contribution in [0.5, 0.6) is 0 Å². The molecule has 100 valence electrons. The Hall–Kier alpha value is -1.55. The number of hydrogen-bond donors (Lipinski definition) is 1. The predicted octanol–water partition coefficient (Wildman–Crippen LogP) is 2.32. The molecule has 4 rings (SSSR count). The zero-order chi connectivity index (χ0) is 12.8. The van der Waals surface area contributed by atoms with E-state index in [1.807, 2.05) is 12.1 Å². The highest BCUT2D eigenvalue weighted by Crippen LogP contribution is 2.47. The molecule has 1 aromatic carbocycles. The van der Waals surface area contributed by atoms with E-state index < -0.39 is 0 Å². The number of hydrogen-bond acceptors (Lipinski definition) is 3. The number of para-hydroxylation sites is 1. The van der Waals surface area contributed by atoms with Gasteiger partial charge in [0, 0.05) is 37.6 Å². The van der Waals surface area contributed by atoms with Crippen LogP contribution in [-0.2, 0) is 9.53 Å². The molecule has 4 heteroatoms. The highest BCUT2D eigenvalue weighted by Gasteiger charge is 2.38. The standard InChI is InChI=1S/C15H18N2O2/c18-13-6-7-17-9-10-3-2-8-19-15(10)11-4-1-5-12(16-13)14(11)17/h1,4-5,10,15H,2-3,6-9H2,(H,16,18)/t10-,15-/m0/s1. The van der Waals surface area contributed by atoms with Crippen molar-refractivity contribution in [2.75, 3.05) is 29.9 Å². The molecule has 4 nitrogen and oxygen atoms in total. The second-order valence-electron chi connectivity index (χ2n) is 5.68. The van der Waals surface area contributed by atoms with E-state index in [1.54, 1.807) is 0 Å². The van der Waals surface area contributed by atoms with Gasteiger partial charge in [-0.15, -0.1) is 0 Å². The summed E-state index contributed by atoms with van der Waals surface area (Å²) >= 11 is 0. The van der Waals surface area contributed by atoms with E-state index in [-0.39, 0.29) is 12.0 Å². The topological polar surface area (TPSA) is 41.6 Å². The van der Waals surface area contributed by atoms with E-state index in [0.29, 0.717) is 12.3 Å². The zero-order valence-corrected chi connectivity index (χ0v) is 10.9. The van der Waals surface area contributed by atoms with Crippen molar-refractivity contribution in [2.24, 2.45) is 5.92 Å². The van der Waals surface area contributed by atoms with Crippen LogP contribution >= 0.6 is 0 Å². The molecule has 0 unspecified atom stereocenters. The maximum absolute atomic E-state index is 11.8. The number of carbonyl (C=O) groups excluding carboxylic acids is 1. The van der Waals surface area contributed by atoms with Crippen LogP contribution in [0, 0.1) is 5.92 Å². The molecule has 3 aliphatic heterocycles. The Bertz CT molecular complexity index is 529. The molecule has 1 fully saturated rings. The fraction of sp³-hybridized carbons (Fsp3) is 0.533. The van der Waals surface area contributed by atoms with Gasteiger partial charge in [-0.25, -0.2) is 0 Å². The minimum atomic E-state index is 0.117. The van der Waals surface area contributed by atoms with Gasteiger partial charge in [-0.2, -0.15) is 0 Å². The molecule has 0 saturated carbocycles. The SMILES string of the molecule is O=C1CCN2C[C@@H]3CCCO[C@@H]3c3cccc(c32)N1. The van der Waals surface area contributed by atoms with Crippen LogP contribution in [0.1, 0.15) is 30.9 Å². The first-order valence-electron chi connectivity index (χ1n) is 7.12. The van der Waals surface area contributed by atoms with Crippen LogP contribution in [-0.4, -0.2) is 25.6 Å². The van der Waals surface area contributed by atoms with Gasteiger partial charge in [0.25, 0.3) is 0 Å². The van der Waals surface area contributed by atoms with Crippen molar-refractivity contribution in [1.29, 1.82) is 0 Å². The molecule has 1 amide bonds. The summed E-state index contributed by atoms with van der Waals surface area (Å²) in [6, 6.07) is 6.18. The van der Waals surface area contributed by atoms with Gasteiger partial charge in [-0.1, -0.05) is 12.1 Å². The number of nitrogens with zero attached hydrogens (tertiary/aromatic N) is 1. The maximum Gasteiger partial charge on any atom is 0.226 e. The summed E-state index contributed by atoms with van der Waals surface area (Å²) in [5, 5.41) is 3.02. The Kier molecular flexibility index (Phi) is 2.52. The van der Waals surface area contributed by atoms with Gasteiger partial charge in [-0.3, -0.25) is 4.79 Å². The minimum Gasteiger partial charge on any atom is -0.373 e. The average Bonchev–Trinajstić information content (AvgIpc) is 2.60. The van der Waals surface area contributed by atoms with Crippen LogP contribution in [0.15, 0.2) is 18.2 Å². The van der Waals surface area contributed by atoms with E-state index >= 15 is 0 Å². The highest BCUT2D eigenvalue weighted by molar-refractivity contribution is 5.97. The number of amides is 1. The molecule has 3 heterocycles. The van der Waals surface area contributed by atoms with Crippen molar-refractivity contribution in [1.82, 2.24) is 0 Å². The summed E-state index contributed by atoms with van der Waals surface area (Å²) in [5.74, 6) is 0.691. The summed E-state index contributed by atoms with van der Waals surface area (Å²) in [4.78, 5) is 14.2. The summed E-state index contributed by atoms with van der Waals surface area (Å²) in [6.07, 6.45) is 3.18. The van der Waals surface area contributed by atoms with Crippen molar-refractivity contribution in [2.45, 2.75) is 25.4 Å². The molecule has 0 bridgehead atoms. The number of anilines is 2. The smallest absolute Gasteiger partial charge is 0.226 e. The Morgan fingerprint density at radius 3 is 3.26 bits per heavy atom. The molecular formula is C15H18N2O2. The number of carbonyl (C=O) groups is 1. The first kappa shape index (κ1) is 11.3. The van der Waals surface area contributed by atoms with Gasteiger partial charge in [0.05, 0.1) is 17.5 Å². The van der Waals surface area contributed by atoms with Gasteiger partial charge in [-0.05, 0) is 18.9 Å². The molecule has 3 aliphatic rings. The van der Waals surface area contributed by atoms with Crippen molar-refractivity contribution in [3.8, 4) is 0 Å². The Morgan fingerprint density at radius 2 is 2.32 bits per heavy atom. The van der Waals surface area contributed by atoms with Gasteiger partial charge in [0.15, 0.2) is 0 Å². The molecular weight excluding hydrogens is 240 g/mol. The summed E-state index contributed by atoms with van der Waals surface area (Å²) in [5.41, 5.74) is 3.40. The molecule has 0 aliphatic carbocycles. The Labute approximate surface area is 112 Å². The summed E-state index contributed by atoms with van der Waals surface area (Å²) in [6.45, 7) is 2.69. The largest absolute Gasteiger partial charge is 0.373 e. The third kappa shape index (κ3) is 1.74. The number of nitrogens with one attached hydrogen (secondary N) is 1. The third-order valence-corrected chi connectivity index (χ3v) is 4.47. The second kappa shape index (κ2) is 4.23. The van der Waals surface area contributed by atoms with E-state index in [9.17, 15) is 4.79 Å². The zero-order valence-electron chi connectivity index (χ0n) is 10.9. The van der Waals surface area contributed by atoms with E-state index in [2.05, 4.69) is 16.3 Å². The number of rotatable bonds is 0. The Balaban J connectivity index is 1.84. The molecule has 0 radical (unpaired) electrons.